The van der Waals surface area contributed by atoms with Gasteiger partial charge in [0.2, 0.25) is 0 Å². The molecule has 0 saturated carbocycles. The van der Waals surface area contributed by atoms with Gasteiger partial charge in [-0.2, -0.15) is 5.48 Å². The van der Waals surface area contributed by atoms with Gasteiger partial charge in [-0.1, -0.05) is 0 Å². The van der Waals surface area contributed by atoms with Crippen molar-refractivity contribution in [1.82, 2.24) is 14.8 Å². The molecule has 0 unspecified atom stereocenters. The number of pyridine rings is 1. The summed E-state index contributed by atoms with van der Waals surface area (Å²) in [7, 11) is 7.93. The zero-order chi connectivity index (χ0) is 12.1. The zero-order valence-electron chi connectivity index (χ0n) is 10.2. The van der Waals surface area contributed by atoms with E-state index in [0.717, 1.165) is 11.2 Å². The van der Waals surface area contributed by atoms with Gasteiger partial charge in [0.25, 0.3) is 5.82 Å². The van der Waals surface area contributed by atoms with Gasteiger partial charge >= 0.3 is 0 Å². The Balaban J connectivity index is 2.85. The fraction of sp³-hybridized carbons (Fsp3) is 0.500. The molecule has 1 aromatic rings. The number of anilines is 1. The molecule has 4 N–H and O–H groups in total. The molecule has 1 heterocycles. The number of hydrogen-bond donors (Lipinski definition) is 3. The average Bonchev–Trinajstić information content (AvgIpc) is 2.25. The lowest BCUT2D eigenvalue weighted by Gasteiger charge is -2.31. The van der Waals surface area contributed by atoms with Crippen LogP contribution in [0.4, 0.5) is 11.5 Å². The first kappa shape index (κ1) is 12.9. The number of nitrogens with two attached hydrogens (primary N) is 1. The highest BCUT2D eigenvalue weighted by Gasteiger charge is 2.16. The summed E-state index contributed by atoms with van der Waals surface area (Å²) in [6.07, 6.45) is 1.69. The monoisotopic (exact) mass is 226 g/mol. The molecule has 6 nitrogen and oxygen atoms in total. The van der Waals surface area contributed by atoms with Crippen molar-refractivity contribution in [2.24, 2.45) is 0 Å². The molecule has 90 valence electrons. The highest BCUT2D eigenvalue weighted by atomic mass is 16.5. The van der Waals surface area contributed by atoms with E-state index < -0.39 is 0 Å². The molecule has 0 radical (unpaired) electrons. The standard InChI is InChI=1S/C10H19N5O/c1-14(2)10(15(3)4)12-8-6-5-7-11-9(8)13-16/h5-7,10,12,16H,1-4H3,(H,11,13)/p+1. The summed E-state index contributed by atoms with van der Waals surface area (Å²) in [5, 5.41) is 12.3. The van der Waals surface area contributed by atoms with Crippen molar-refractivity contribution < 1.29 is 10.7 Å². The minimum absolute atomic E-state index is 0.0444. The Kier molecular flexibility index (Phi) is 4.63. The van der Waals surface area contributed by atoms with Crippen molar-refractivity contribution in [3.05, 3.63) is 18.3 Å². The first-order valence-electron chi connectivity index (χ1n) is 5.08. The van der Waals surface area contributed by atoms with E-state index in [-0.39, 0.29) is 6.29 Å². The highest BCUT2D eigenvalue weighted by Crippen LogP contribution is 2.15. The van der Waals surface area contributed by atoms with Crippen LogP contribution in [-0.2, 0) is 0 Å². The molecule has 16 heavy (non-hydrogen) atoms. The van der Waals surface area contributed by atoms with Crippen LogP contribution in [0.1, 0.15) is 0 Å². The molecule has 0 spiro atoms. The maximum atomic E-state index is 9.05. The molecular formula is C10H20N5O+. The van der Waals surface area contributed by atoms with Gasteiger partial charge in [0.1, 0.15) is 12.0 Å². The van der Waals surface area contributed by atoms with Gasteiger partial charge in [0, 0.05) is 6.20 Å². The number of rotatable bonds is 5. The van der Waals surface area contributed by atoms with E-state index in [1.807, 2.05) is 50.1 Å². The second kappa shape index (κ2) is 5.76. The van der Waals surface area contributed by atoms with Gasteiger partial charge in [0.15, 0.2) is 0 Å². The van der Waals surface area contributed by atoms with Crippen LogP contribution in [0.5, 0.6) is 0 Å². The van der Waals surface area contributed by atoms with E-state index in [0.29, 0.717) is 5.82 Å². The number of quaternary nitrogens is 1. The molecule has 0 fully saturated rings. The molecule has 0 aliphatic heterocycles. The lowest BCUT2D eigenvalue weighted by molar-refractivity contribution is -0.827. The molecule has 1 rings (SSSR count). The third-order valence-corrected chi connectivity index (χ3v) is 2.22. The topological polar surface area (TPSA) is 68.2 Å². The van der Waals surface area contributed by atoms with Gasteiger partial charge in [-0.05, 0) is 40.3 Å². The Bertz CT molecular complexity index is 321. The molecule has 0 atom stereocenters. The van der Waals surface area contributed by atoms with Crippen LogP contribution in [0.15, 0.2) is 18.3 Å². The summed E-state index contributed by atoms with van der Waals surface area (Å²) in [5.41, 5.74) is 1.81. The SMILES string of the molecule is CN(C)C(Nc1cccnc1[NH2+]O)N(C)C. The highest BCUT2D eigenvalue weighted by molar-refractivity contribution is 5.56. The van der Waals surface area contributed by atoms with Gasteiger partial charge in [0.05, 0.1) is 0 Å². The minimum atomic E-state index is 0.0444. The second-order valence-electron chi connectivity index (χ2n) is 4.01. The van der Waals surface area contributed by atoms with Crippen LogP contribution in [0.3, 0.4) is 0 Å². The van der Waals surface area contributed by atoms with Crippen molar-refractivity contribution in [2.45, 2.75) is 6.29 Å². The van der Waals surface area contributed by atoms with E-state index in [4.69, 9.17) is 5.21 Å². The molecule has 0 aliphatic rings. The third kappa shape index (κ3) is 3.14. The van der Waals surface area contributed by atoms with Crippen LogP contribution in [0, 0.1) is 0 Å². The zero-order valence-corrected chi connectivity index (χ0v) is 10.2. The van der Waals surface area contributed by atoms with Crippen LogP contribution in [0.2, 0.25) is 0 Å². The van der Waals surface area contributed by atoms with Crippen LogP contribution in [0.25, 0.3) is 0 Å². The predicted octanol–water partition coefficient (Wildman–Crippen LogP) is -0.516. The first-order chi connectivity index (χ1) is 7.56. The number of nitrogens with one attached hydrogen (secondary N) is 1. The van der Waals surface area contributed by atoms with Crippen LogP contribution >= 0.6 is 0 Å². The lowest BCUT2D eigenvalue weighted by Crippen LogP contribution is -2.74. The van der Waals surface area contributed by atoms with E-state index in [2.05, 4.69) is 10.3 Å². The molecule has 0 amide bonds. The van der Waals surface area contributed by atoms with Crippen LogP contribution in [-0.4, -0.2) is 54.5 Å². The average molecular weight is 226 g/mol. The molecule has 0 aliphatic carbocycles. The number of nitrogens with zero attached hydrogens (tertiary/aromatic N) is 3. The van der Waals surface area contributed by atoms with Gasteiger partial charge < -0.3 is 5.32 Å². The minimum Gasteiger partial charge on any atom is -0.351 e. The summed E-state index contributed by atoms with van der Waals surface area (Å²) < 4.78 is 0. The summed E-state index contributed by atoms with van der Waals surface area (Å²) in [6.45, 7) is 0. The van der Waals surface area contributed by atoms with E-state index in [1.54, 1.807) is 6.20 Å². The Morgan fingerprint density at radius 2 is 1.94 bits per heavy atom. The van der Waals surface area contributed by atoms with Crippen molar-refractivity contribution in [2.75, 3.05) is 33.5 Å². The first-order valence-corrected chi connectivity index (χ1v) is 5.08. The van der Waals surface area contributed by atoms with Crippen molar-refractivity contribution in [3.8, 4) is 0 Å². The van der Waals surface area contributed by atoms with Gasteiger partial charge in [-0.25, -0.2) is 10.2 Å². The Morgan fingerprint density at radius 3 is 2.44 bits per heavy atom. The number of hydrogen-bond acceptors (Lipinski definition) is 5. The maximum Gasteiger partial charge on any atom is 0.280 e. The van der Waals surface area contributed by atoms with Gasteiger partial charge in [-0.3, -0.25) is 9.80 Å². The predicted molar refractivity (Wildman–Crippen MR) is 62.4 cm³/mol. The molecular weight excluding hydrogens is 206 g/mol. The Morgan fingerprint density at radius 1 is 1.31 bits per heavy atom. The maximum absolute atomic E-state index is 9.05. The van der Waals surface area contributed by atoms with E-state index >= 15 is 0 Å². The molecule has 0 saturated heterocycles. The molecule has 1 aromatic heterocycles. The second-order valence-corrected chi connectivity index (χ2v) is 4.01. The Hall–Kier alpha value is -1.21. The number of aromatic nitrogens is 1. The molecule has 0 bridgehead atoms. The summed E-state index contributed by atoms with van der Waals surface area (Å²) >= 11 is 0. The van der Waals surface area contributed by atoms with E-state index in [9.17, 15) is 0 Å². The summed E-state index contributed by atoms with van der Waals surface area (Å²) in [5.74, 6) is 0.538. The fourth-order valence-electron chi connectivity index (χ4n) is 1.50. The van der Waals surface area contributed by atoms with Gasteiger partial charge in [-0.15, -0.1) is 0 Å². The van der Waals surface area contributed by atoms with E-state index in [1.165, 1.54) is 0 Å². The van der Waals surface area contributed by atoms with Crippen molar-refractivity contribution in [3.63, 3.8) is 0 Å². The normalized spacial score (nSPS) is 11.5. The smallest absolute Gasteiger partial charge is 0.280 e. The van der Waals surface area contributed by atoms with Crippen LogP contribution < -0.4 is 10.8 Å². The largest absolute Gasteiger partial charge is 0.351 e. The fourth-order valence-corrected chi connectivity index (χ4v) is 1.50. The summed E-state index contributed by atoms with van der Waals surface area (Å²) in [6, 6.07) is 3.72. The molecule has 6 heteroatoms. The third-order valence-electron chi connectivity index (χ3n) is 2.22. The van der Waals surface area contributed by atoms with Crippen molar-refractivity contribution >= 4 is 11.5 Å². The quantitative estimate of drug-likeness (QED) is 0.466. The lowest BCUT2D eigenvalue weighted by atomic mass is 10.4. The van der Waals surface area contributed by atoms with Crippen molar-refractivity contribution in [1.29, 1.82) is 0 Å². The Labute approximate surface area is 95.8 Å². The summed E-state index contributed by atoms with van der Waals surface area (Å²) in [4.78, 5) is 8.14. The molecule has 0 aromatic carbocycles.